The number of nitrogens with two attached hydrogens (primary N) is 1. The summed E-state index contributed by atoms with van der Waals surface area (Å²) in [6.07, 6.45) is 0. The molecule has 1 rings (SSSR count). The molecule has 3 nitrogen and oxygen atoms in total. The van der Waals surface area contributed by atoms with Crippen molar-refractivity contribution in [2.45, 2.75) is 12.8 Å². The number of rotatable bonds is 3. The van der Waals surface area contributed by atoms with Crippen LogP contribution in [-0.2, 0) is 4.79 Å². The fourth-order valence-electron chi connectivity index (χ4n) is 1.31. The Balaban J connectivity index is 3.25. The van der Waals surface area contributed by atoms with Crippen LogP contribution in [0.3, 0.4) is 0 Å². The van der Waals surface area contributed by atoms with Gasteiger partial charge in [-0.25, -0.2) is 8.78 Å². The summed E-state index contributed by atoms with van der Waals surface area (Å²) in [5, 5.41) is 8.77. The minimum absolute atomic E-state index is 0.0797. The molecule has 0 saturated carbocycles. The van der Waals surface area contributed by atoms with Gasteiger partial charge in [0.25, 0.3) is 0 Å². The number of carbonyl (C=O) groups is 1. The molecule has 0 bridgehead atoms. The maximum Gasteiger partial charge on any atom is 0.312 e. The normalized spacial score (nSPS) is 12.5. The number of halogens is 2. The zero-order valence-electron chi connectivity index (χ0n) is 8.13. The molecule has 15 heavy (non-hydrogen) atoms. The van der Waals surface area contributed by atoms with Crippen LogP contribution in [0.1, 0.15) is 17.0 Å². The second-order valence-electron chi connectivity index (χ2n) is 3.20. The second-order valence-corrected chi connectivity index (χ2v) is 3.20. The molecule has 0 amide bonds. The fourth-order valence-corrected chi connectivity index (χ4v) is 1.31. The minimum atomic E-state index is -1.22. The summed E-state index contributed by atoms with van der Waals surface area (Å²) in [7, 11) is 0. The van der Waals surface area contributed by atoms with Crippen LogP contribution in [0.15, 0.2) is 12.1 Å². The predicted molar refractivity (Wildman–Crippen MR) is 50.5 cm³/mol. The molecule has 3 N–H and O–H groups in total. The fraction of sp³-hybridized carbons (Fsp3) is 0.300. The molecule has 0 radical (unpaired) electrons. The summed E-state index contributed by atoms with van der Waals surface area (Å²) in [5.41, 5.74) is 4.95. The Labute approximate surface area is 85.5 Å². The highest BCUT2D eigenvalue weighted by Crippen LogP contribution is 2.23. The van der Waals surface area contributed by atoms with Gasteiger partial charge in [0, 0.05) is 17.7 Å². The lowest BCUT2D eigenvalue weighted by atomic mass is 9.97. The summed E-state index contributed by atoms with van der Waals surface area (Å²) < 4.78 is 26.4. The van der Waals surface area contributed by atoms with E-state index < -0.39 is 23.5 Å². The van der Waals surface area contributed by atoms with E-state index in [0.717, 1.165) is 12.1 Å². The van der Waals surface area contributed by atoms with Crippen LogP contribution < -0.4 is 5.73 Å². The van der Waals surface area contributed by atoms with Crippen LogP contribution in [0.25, 0.3) is 0 Å². The van der Waals surface area contributed by atoms with Gasteiger partial charge in [0.15, 0.2) is 0 Å². The molecular formula is C10H11F2NO2. The molecule has 0 spiro atoms. The summed E-state index contributed by atoms with van der Waals surface area (Å²) in [6.45, 7) is 1.03. The lowest BCUT2D eigenvalue weighted by Gasteiger charge is -2.12. The molecule has 0 aliphatic carbocycles. The largest absolute Gasteiger partial charge is 0.481 e. The molecule has 1 aromatic rings. The smallest absolute Gasteiger partial charge is 0.312 e. The van der Waals surface area contributed by atoms with Crippen molar-refractivity contribution >= 4 is 5.97 Å². The van der Waals surface area contributed by atoms with E-state index in [1.54, 1.807) is 0 Å². The highest BCUT2D eigenvalue weighted by atomic mass is 19.1. The molecule has 5 heteroatoms. The lowest BCUT2D eigenvalue weighted by molar-refractivity contribution is -0.138. The molecule has 0 saturated heterocycles. The number of hydrogen-bond acceptors (Lipinski definition) is 2. The second kappa shape index (κ2) is 4.35. The SMILES string of the molecule is Cc1c(F)ccc(C(CN)C(=O)O)c1F. The van der Waals surface area contributed by atoms with E-state index in [9.17, 15) is 13.6 Å². The van der Waals surface area contributed by atoms with Crippen molar-refractivity contribution in [3.8, 4) is 0 Å². The summed E-state index contributed by atoms with van der Waals surface area (Å²) >= 11 is 0. The Kier molecular flexibility index (Phi) is 3.36. The number of aliphatic carboxylic acids is 1. The third-order valence-electron chi connectivity index (χ3n) is 2.26. The molecule has 1 unspecified atom stereocenters. The van der Waals surface area contributed by atoms with Gasteiger partial charge >= 0.3 is 5.97 Å². The molecule has 0 aromatic heterocycles. The lowest BCUT2D eigenvalue weighted by Crippen LogP contribution is -2.22. The maximum absolute atomic E-state index is 13.5. The standard InChI is InChI=1S/C10H11F2NO2/c1-5-8(11)3-2-6(9(5)12)7(4-13)10(14)15/h2-3,7H,4,13H2,1H3,(H,14,15). The first kappa shape index (κ1) is 11.6. The average molecular weight is 215 g/mol. The molecule has 0 aliphatic heterocycles. The number of hydrogen-bond donors (Lipinski definition) is 2. The highest BCUT2D eigenvalue weighted by molar-refractivity contribution is 5.76. The first-order valence-electron chi connectivity index (χ1n) is 4.36. The molecule has 0 heterocycles. The highest BCUT2D eigenvalue weighted by Gasteiger charge is 2.23. The quantitative estimate of drug-likeness (QED) is 0.801. The molecule has 82 valence electrons. The van der Waals surface area contributed by atoms with E-state index in [1.165, 1.54) is 6.92 Å². The van der Waals surface area contributed by atoms with Crippen LogP contribution in [-0.4, -0.2) is 17.6 Å². The van der Waals surface area contributed by atoms with Gasteiger partial charge in [0.05, 0.1) is 5.92 Å². The van der Waals surface area contributed by atoms with Crippen molar-refractivity contribution in [1.29, 1.82) is 0 Å². The van der Waals surface area contributed by atoms with Crippen molar-refractivity contribution in [2.75, 3.05) is 6.54 Å². The Bertz CT molecular complexity index is 393. The van der Waals surface area contributed by atoms with E-state index >= 15 is 0 Å². The van der Waals surface area contributed by atoms with Gasteiger partial charge < -0.3 is 10.8 Å². The van der Waals surface area contributed by atoms with E-state index in [-0.39, 0.29) is 17.7 Å². The summed E-state index contributed by atoms with van der Waals surface area (Å²) in [6, 6.07) is 2.16. The van der Waals surface area contributed by atoms with Crippen molar-refractivity contribution < 1.29 is 18.7 Å². The maximum atomic E-state index is 13.5. The third-order valence-corrected chi connectivity index (χ3v) is 2.26. The van der Waals surface area contributed by atoms with Crippen LogP contribution >= 0.6 is 0 Å². The predicted octanol–water partition coefficient (Wildman–Crippen LogP) is 1.40. The van der Waals surface area contributed by atoms with E-state index in [2.05, 4.69) is 0 Å². The van der Waals surface area contributed by atoms with Gasteiger partial charge in [-0.15, -0.1) is 0 Å². The summed E-state index contributed by atoms with van der Waals surface area (Å²) in [5.74, 6) is -3.89. The van der Waals surface area contributed by atoms with E-state index in [1.807, 2.05) is 0 Å². The third kappa shape index (κ3) is 2.12. The first-order valence-corrected chi connectivity index (χ1v) is 4.36. The van der Waals surface area contributed by atoms with Gasteiger partial charge in [-0.1, -0.05) is 6.07 Å². The zero-order valence-corrected chi connectivity index (χ0v) is 8.13. The van der Waals surface area contributed by atoms with E-state index in [0.29, 0.717) is 0 Å². The average Bonchev–Trinajstić information content (AvgIpc) is 2.18. The Morgan fingerprint density at radius 3 is 2.60 bits per heavy atom. The minimum Gasteiger partial charge on any atom is -0.481 e. The van der Waals surface area contributed by atoms with Crippen LogP contribution in [0.5, 0.6) is 0 Å². The van der Waals surface area contributed by atoms with Crippen LogP contribution in [0.2, 0.25) is 0 Å². The van der Waals surface area contributed by atoms with Crippen molar-refractivity contribution in [3.63, 3.8) is 0 Å². The van der Waals surface area contributed by atoms with Crippen LogP contribution in [0, 0.1) is 18.6 Å². The van der Waals surface area contributed by atoms with Crippen LogP contribution in [0.4, 0.5) is 8.78 Å². The van der Waals surface area contributed by atoms with Gasteiger partial charge in [0.2, 0.25) is 0 Å². The molecular weight excluding hydrogens is 204 g/mol. The monoisotopic (exact) mass is 215 g/mol. The van der Waals surface area contributed by atoms with Crippen molar-refractivity contribution in [1.82, 2.24) is 0 Å². The number of benzene rings is 1. The molecule has 1 aromatic carbocycles. The topological polar surface area (TPSA) is 63.3 Å². The van der Waals surface area contributed by atoms with Gasteiger partial charge in [0.1, 0.15) is 11.6 Å². The number of carboxylic acid groups (broad SMARTS) is 1. The summed E-state index contributed by atoms with van der Waals surface area (Å²) in [4.78, 5) is 10.7. The van der Waals surface area contributed by atoms with Gasteiger partial charge in [-0.05, 0) is 13.0 Å². The van der Waals surface area contributed by atoms with E-state index in [4.69, 9.17) is 10.8 Å². The van der Waals surface area contributed by atoms with Crippen molar-refractivity contribution in [2.24, 2.45) is 5.73 Å². The molecule has 0 fully saturated rings. The molecule has 0 aliphatic rings. The Morgan fingerprint density at radius 1 is 1.53 bits per heavy atom. The first-order chi connectivity index (χ1) is 6.99. The van der Waals surface area contributed by atoms with Crippen molar-refractivity contribution in [3.05, 3.63) is 34.9 Å². The van der Waals surface area contributed by atoms with Gasteiger partial charge in [-0.3, -0.25) is 4.79 Å². The van der Waals surface area contributed by atoms with Gasteiger partial charge in [-0.2, -0.15) is 0 Å². The Morgan fingerprint density at radius 2 is 2.13 bits per heavy atom. The zero-order chi connectivity index (χ0) is 11.6. The Hall–Kier alpha value is -1.49. The molecule has 1 atom stereocenters. The number of carboxylic acids is 1.